The maximum Gasteiger partial charge on any atom is 0.224 e. The molecule has 5 heteroatoms. The number of carbonyl (C=O) groups is 2. The molecule has 0 saturated carbocycles. The molecule has 1 aliphatic heterocycles. The zero-order valence-corrected chi connectivity index (χ0v) is 10.5. The van der Waals surface area contributed by atoms with Gasteiger partial charge in [0.2, 0.25) is 11.8 Å². The number of hydrogen-bond acceptors (Lipinski definition) is 3. The summed E-state index contributed by atoms with van der Waals surface area (Å²) < 4.78 is 0. The van der Waals surface area contributed by atoms with E-state index in [2.05, 4.69) is 17.6 Å². The van der Waals surface area contributed by atoms with Gasteiger partial charge in [0, 0.05) is 25.6 Å². The molecule has 2 unspecified atom stereocenters. The van der Waals surface area contributed by atoms with Gasteiger partial charge in [0.25, 0.3) is 0 Å². The predicted octanol–water partition coefficient (Wildman–Crippen LogP) is 0.146. The summed E-state index contributed by atoms with van der Waals surface area (Å²) in [6.07, 6.45) is 3.97. The van der Waals surface area contributed by atoms with E-state index in [1.807, 2.05) is 0 Å². The quantitative estimate of drug-likeness (QED) is 0.579. The topological polar surface area (TPSA) is 84.2 Å². The van der Waals surface area contributed by atoms with Crippen LogP contribution in [0.2, 0.25) is 0 Å². The minimum atomic E-state index is -0.276. The van der Waals surface area contributed by atoms with Crippen molar-refractivity contribution in [2.24, 2.45) is 11.7 Å². The third kappa shape index (κ3) is 5.68. The summed E-state index contributed by atoms with van der Waals surface area (Å²) in [6.45, 7) is 3.55. The number of nitrogens with two attached hydrogens (primary N) is 1. The van der Waals surface area contributed by atoms with Gasteiger partial charge in [0.1, 0.15) is 0 Å². The summed E-state index contributed by atoms with van der Waals surface area (Å²) in [5, 5.41) is 6.22. The highest BCUT2D eigenvalue weighted by atomic mass is 16.2. The summed E-state index contributed by atoms with van der Waals surface area (Å²) >= 11 is 0. The van der Waals surface area contributed by atoms with E-state index in [9.17, 15) is 9.59 Å². The lowest BCUT2D eigenvalue weighted by Crippen LogP contribution is -2.44. The molecule has 1 saturated heterocycles. The molecule has 0 spiro atoms. The van der Waals surface area contributed by atoms with Crippen molar-refractivity contribution in [2.45, 2.75) is 45.1 Å². The van der Waals surface area contributed by atoms with Gasteiger partial charge in [-0.3, -0.25) is 9.59 Å². The molecule has 0 aliphatic carbocycles. The van der Waals surface area contributed by atoms with E-state index < -0.39 is 0 Å². The van der Waals surface area contributed by atoms with Gasteiger partial charge in [-0.1, -0.05) is 0 Å². The van der Waals surface area contributed by atoms with Crippen LogP contribution in [0.1, 0.15) is 39.0 Å². The highest BCUT2D eigenvalue weighted by Crippen LogP contribution is 2.13. The molecule has 98 valence electrons. The molecule has 0 aromatic carbocycles. The van der Waals surface area contributed by atoms with Crippen molar-refractivity contribution in [3.63, 3.8) is 0 Å². The Morgan fingerprint density at radius 1 is 1.35 bits per heavy atom. The summed E-state index contributed by atoms with van der Waals surface area (Å²) in [5.74, 6) is -0.0485. The maximum atomic E-state index is 11.8. The average Bonchev–Trinajstić information content (AvgIpc) is 2.29. The van der Waals surface area contributed by atoms with Crippen LogP contribution in [0.5, 0.6) is 0 Å². The number of rotatable bonds is 6. The van der Waals surface area contributed by atoms with E-state index >= 15 is 0 Å². The molecular formula is C12H23N3O2. The fraction of sp³-hybridized carbons (Fsp3) is 0.833. The highest BCUT2D eigenvalue weighted by molar-refractivity contribution is 5.79. The Morgan fingerprint density at radius 3 is 2.71 bits per heavy atom. The van der Waals surface area contributed by atoms with Gasteiger partial charge in [-0.05, 0) is 32.6 Å². The van der Waals surface area contributed by atoms with Crippen LogP contribution in [0.25, 0.3) is 0 Å². The number of piperidine rings is 1. The van der Waals surface area contributed by atoms with E-state index in [0.717, 1.165) is 32.2 Å². The Bertz CT molecular complexity index is 260. The molecule has 4 N–H and O–H groups in total. The minimum absolute atomic E-state index is 0.0994. The second-order valence-electron chi connectivity index (χ2n) is 4.80. The molecule has 0 aromatic rings. The van der Waals surface area contributed by atoms with Gasteiger partial charge in [-0.25, -0.2) is 0 Å². The first-order valence-corrected chi connectivity index (χ1v) is 6.39. The van der Waals surface area contributed by atoms with Crippen molar-refractivity contribution in [1.82, 2.24) is 10.6 Å². The van der Waals surface area contributed by atoms with Crippen LogP contribution in [0, 0.1) is 5.92 Å². The molecule has 2 amide bonds. The van der Waals surface area contributed by atoms with E-state index in [1.165, 1.54) is 0 Å². The third-order valence-corrected chi connectivity index (χ3v) is 3.18. The Morgan fingerprint density at radius 2 is 2.12 bits per heavy atom. The number of amides is 2. The van der Waals surface area contributed by atoms with Crippen LogP contribution in [-0.2, 0) is 9.59 Å². The van der Waals surface area contributed by atoms with Crippen LogP contribution in [0.4, 0.5) is 0 Å². The van der Waals surface area contributed by atoms with Crippen molar-refractivity contribution in [1.29, 1.82) is 0 Å². The van der Waals surface area contributed by atoms with Crippen LogP contribution >= 0.6 is 0 Å². The summed E-state index contributed by atoms with van der Waals surface area (Å²) in [6, 6.07) is 0.523. The third-order valence-electron chi connectivity index (χ3n) is 3.18. The Kier molecular flexibility index (Phi) is 5.97. The van der Waals surface area contributed by atoms with Crippen LogP contribution in [0.3, 0.4) is 0 Å². The molecule has 0 radical (unpaired) electrons. The van der Waals surface area contributed by atoms with Gasteiger partial charge in [0.15, 0.2) is 0 Å². The zero-order chi connectivity index (χ0) is 12.7. The van der Waals surface area contributed by atoms with Crippen molar-refractivity contribution in [3.05, 3.63) is 0 Å². The molecule has 0 bridgehead atoms. The van der Waals surface area contributed by atoms with Gasteiger partial charge >= 0.3 is 0 Å². The maximum absolute atomic E-state index is 11.8. The first-order valence-electron chi connectivity index (χ1n) is 6.39. The van der Waals surface area contributed by atoms with Crippen molar-refractivity contribution >= 4 is 11.8 Å². The van der Waals surface area contributed by atoms with Gasteiger partial charge < -0.3 is 16.4 Å². The predicted molar refractivity (Wildman–Crippen MR) is 66.2 cm³/mol. The molecule has 1 aliphatic rings. The number of primary amides is 1. The fourth-order valence-electron chi connectivity index (χ4n) is 2.00. The van der Waals surface area contributed by atoms with E-state index in [-0.39, 0.29) is 17.7 Å². The monoisotopic (exact) mass is 241 g/mol. The lowest BCUT2D eigenvalue weighted by Gasteiger charge is -2.26. The first kappa shape index (κ1) is 14.0. The standard InChI is InChI=1S/C12H23N3O2/c1-9-5-6-10(8-15-9)12(17)14-7-3-2-4-11(13)16/h9-10,15H,2-8H2,1H3,(H2,13,16)(H,14,17). The largest absolute Gasteiger partial charge is 0.370 e. The van der Waals surface area contributed by atoms with Gasteiger partial charge in [-0.15, -0.1) is 0 Å². The summed E-state index contributed by atoms with van der Waals surface area (Å²) in [7, 11) is 0. The van der Waals surface area contributed by atoms with E-state index in [4.69, 9.17) is 5.73 Å². The molecule has 1 fully saturated rings. The Labute approximate surface area is 103 Å². The average molecular weight is 241 g/mol. The lowest BCUT2D eigenvalue weighted by atomic mass is 9.95. The molecular weight excluding hydrogens is 218 g/mol. The summed E-state index contributed by atoms with van der Waals surface area (Å²) in [4.78, 5) is 22.3. The molecule has 1 heterocycles. The smallest absolute Gasteiger partial charge is 0.224 e. The van der Waals surface area contributed by atoms with Crippen LogP contribution < -0.4 is 16.4 Å². The van der Waals surface area contributed by atoms with Gasteiger partial charge in [-0.2, -0.15) is 0 Å². The van der Waals surface area contributed by atoms with E-state index in [0.29, 0.717) is 19.0 Å². The van der Waals surface area contributed by atoms with Gasteiger partial charge in [0.05, 0.1) is 5.92 Å². The second kappa shape index (κ2) is 7.27. The lowest BCUT2D eigenvalue weighted by molar-refractivity contribution is -0.125. The number of carbonyl (C=O) groups excluding carboxylic acids is 2. The zero-order valence-electron chi connectivity index (χ0n) is 10.5. The van der Waals surface area contributed by atoms with Crippen molar-refractivity contribution < 1.29 is 9.59 Å². The second-order valence-corrected chi connectivity index (χ2v) is 4.80. The number of hydrogen-bond donors (Lipinski definition) is 3. The molecule has 17 heavy (non-hydrogen) atoms. The summed E-state index contributed by atoms with van der Waals surface area (Å²) in [5.41, 5.74) is 5.03. The highest BCUT2D eigenvalue weighted by Gasteiger charge is 2.23. The normalized spacial score (nSPS) is 24.3. The molecule has 5 nitrogen and oxygen atoms in total. The molecule has 1 rings (SSSR count). The fourth-order valence-corrected chi connectivity index (χ4v) is 2.00. The Balaban J connectivity index is 2.06. The van der Waals surface area contributed by atoms with E-state index in [1.54, 1.807) is 0 Å². The SMILES string of the molecule is CC1CCC(C(=O)NCCCCC(N)=O)CN1. The first-order chi connectivity index (χ1) is 8.09. The van der Waals surface area contributed by atoms with Crippen LogP contribution in [-0.4, -0.2) is 30.9 Å². The minimum Gasteiger partial charge on any atom is -0.370 e. The molecule has 0 aromatic heterocycles. The molecule has 2 atom stereocenters. The van der Waals surface area contributed by atoms with Crippen molar-refractivity contribution in [3.8, 4) is 0 Å². The number of nitrogens with one attached hydrogen (secondary N) is 2. The van der Waals surface area contributed by atoms with Crippen molar-refractivity contribution in [2.75, 3.05) is 13.1 Å². The Hall–Kier alpha value is -1.10. The van der Waals surface area contributed by atoms with Crippen LogP contribution in [0.15, 0.2) is 0 Å². The number of unbranched alkanes of at least 4 members (excludes halogenated alkanes) is 1.